The number of nitrogens with zero attached hydrogens (tertiary/aromatic N) is 5. The monoisotopic (exact) mass is 401 g/mol. The molecule has 2 aliphatic heterocycles. The van der Waals surface area contributed by atoms with Crippen LogP contribution in [0.25, 0.3) is 10.8 Å². The lowest BCUT2D eigenvalue weighted by atomic mass is 10.1. The van der Waals surface area contributed by atoms with Crippen molar-refractivity contribution in [3.63, 3.8) is 0 Å². The molecule has 0 N–H and O–H groups in total. The summed E-state index contributed by atoms with van der Waals surface area (Å²) < 4.78 is 0. The van der Waals surface area contributed by atoms with Crippen LogP contribution in [0.3, 0.4) is 0 Å². The Labute approximate surface area is 177 Å². The molecule has 6 nitrogen and oxygen atoms in total. The van der Waals surface area contributed by atoms with E-state index in [9.17, 15) is 4.79 Å². The molecular weight excluding hydrogens is 374 g/mol. The van der Waals surface area contributed by atoms with Crippen LogP contribution in [0.1, 0.15) is 29.8 Å². The van der Waals surface area contributed by atoms with Gasteiger partial charge in [-0.3, -0.25) is 4.79 Å². The molecule has 30 heavy (non-hydrogen) atoms. The van der Waals surface area contributed by atoms with Gasteiger partial charge in [-0.15, -0.1) is 10.2 Å². The third-order valence-corrected chi connectivity index (χ3v) is 6.21. The van der Waals surface area contributed by atoms with Crippen LogP contribution in [0.4, 0.5) is 11.5 Å². The van der Waals surface area contributed by atoms with Crippen molar-refractivity contribution in [1.29, 1.82) is 0 Å². The van der Waals surface area contributed by atoms with E-state index < -0.39 is 0 Å². The largest absolute Gasteiger partial charge is 0.368 e. The quantitative estimate of drug-likeness (QED) is 0.671. The Kier molecular flexibility index (Phi) is 5.22. The van der Waals surface area contributed by atoms with E-state index in [0.717, 1.165) is 42.8 Å². The van der Waals surface area contributed by atoms with Gasteiger partial charge < -0.3 is 14.7 Å². The Morgan fingerprint density at radius 1 is 0.667 bits per heavy atom. The number of anilines is 2. The van der Waals surface area contributed by atoms with Gasteiger partial charge in [-0.05, 0) is 31.4 Å². The van der Waals surface area contributed by atoms with E-state index in [-0.39, 0.29) is 5.91 Å². The van der Waals surface area contributed by atoms with Gasteiger partial charge >= 0.3 is 0 Å². The molecule has 2 aromatic carbocycles. The van der Waals surface area contributed by atoms with Gasteiger partial charge in [-0.2, -0.15) is 0 Å². The van der Waals surface area contributed by atoms with Crippen LogP contribution in [-0.2, 0) is 0 Å². The summed E-state index contributed by atoms with van der Waals surface area (Å²) in [6.07, 6.45) is 3.64. The van der Waals surface area contributed by atoms with Gasteiger partial charge in [-0.1, -0.05) is 42.5 Å². The minimum Gasteiger partial charge on any atom is -0.368 e. The lowest BCUT2D eigenvalue weighted by Gasteiger charge is -2.36. The van der Waals surface area contributed by atoms with Crippen molar-refractivity contribution in [3.05, 3.63) is 60.3 Å². The van der Waals surface area contributed by atoms with E-state index in [1.807, 2.05) is 29.2 Å². The van der Waals surface area contributed by atoms with Crippen molar-refractivity contribution in [3.8, 4) is 0 Å². The summed E-state index contributed by atoms with van der Waals surface area (Å²) in [6, 6.07) is 18.4. The van der Waals surface area contributed by atoms with Crippen LogP contribution in [0.5, 0.6) is 0 Å². The van der Waals surface area contributed by atoms with Crippen LogP contribution in [0, 0.1) is 0 Å². The molecular formula is C24H27N5O. The first-order valence-electron chi connectivity index (χ1n) is 10.9. The summed E-state index contributed by atoms with van der Waals surface area (Å²) in [5.41, 5.74) is 1.68. The minimum atomic E-state index is -0.0170. The first kappa shape index (κ1) is 18.9. The predicted molar refractivity (Wildman–Crippen MR) is 120 cm³/mol. The highest BCUT2D eigenvalue weighted by molar-refractivity contribution is 6.07. The SMILES string of the molecule is O=C(c1nnc(N2CCCCC2)c2ccccc12)N1CCN(c2ccccc2)CC1. The standard InChI is InChI=1S/C24H27N5O/c30-24(29-17-15-27(16-18-29)19-9-3-1-4-10-19)22-20-11-5-6-12-21(20)23(26-25-22)28-13-7-2-8-14-28/h1,3-6,9-12H,2,7-8,13-18H2. The number of aromatic nitrogens is 2. The van der Waals surface area contributed by atoms with Crippen LogP contribution in [-0.4, -0.2) is 60.3 Å². The highest BCUT2D eigenvalue weighted by Crippen LogP contribution is 2.28. The van der Waals surface area contributed by atoms with Crippen LogP contribution < -0.4 is 9.80 Å². The molecule has 154 valence electrons. The first-order valence-corrected chi connectivity index (χ1v) is 10.9. The second-order valence-electron chi connectivity index (χ2n) is 8.08. The molecule has 6 heteroatoms. The summed E-state index contributed by atoms with van der Waals surface area (Å²) in [5, 5.41) is 10.9. The average molecular weight is 402 g/mol. The van der Waals surface area contributed by atoms with Gasteiger partial charge in [0.2, 0.25) is 0 Å². The van der Waals surface area contributed by atoms with Gasteiger partial charge in [0.15, 0.2) is 11.5 Å². The zero-order valence-corrected chi connectivity index (χ0v) is 17.2. The van der Waals surface area contributed by atoms with Crippen LogP contribution in [0.2, 0.25) is 0 Å². The van der Waals surface area contributed by atoms with Crippen molar-refractivity contribution in [2.24, 2.45) is 0 Å². The Morgan fingerprint density at radius 2 is 1.33 bits per heavy atom. The van der Waals surface area contributed by atoms with Gasteiger partial charge in [0.25, 0.3) is 5.91 Å². The van der Waals surface area contributed by atoms with Crippen molar-refractivity contribution < 1.29 is 4.79 Å². The number of amides is 1. The van der Waals surface area contributed by atoms with Crippen LogP contribution >= 0.6 is 0 Å². The Morgan fingerprint density at radius 3 is 2.07 bits per heavy atom. The molecule has 0 spiro atoms. The molecule has 0 radical (unpaired) electrons. The number of hydrogen-bond donors (Lipinski definition) is 0. The number of carbonyl (C=O) groups excluding carboxylic acids is 1. The smallest absolute Gasteiger partial charge is 0.275 e. The van der Waals surface area contributed by atoms with Crippen molar-refractivity contribution in [2.75, 3.05) is 49.1 Å². The second kappa shape index (κ2) is 8.30. The number of benzene rings is 2. The maximum Gasteiger partial charge on any atom is 0.275 e. The zero-order valence-electron chi connectivity index (χ0n) is 17.2. The number of carbonyl (C=O) groups is 1. The number of fused-ring (bicyclic) bond motifs is 1. The van der Waals surface area contributed by atoms with Crippen molar-refractivity contribution in [1.82, 2.24) is 15.1 Å². The summed E-state index contributed by atoms with van der Waals surface area (Å²) in [4.78, 5) is 19.9. The summed E-state index contributed by atoms with van der Waals surface area (Å²) in [7, 11) is 0. The van der Waals surface area contributed by atoms with Crippen LogP contribution in [0.15, 0.2) is 54.6 Å². The molecule has 0 bridgehead atoms. The Bertz CT molecular complexity index is 1020. The predicted octanol–water partition coefficient (Wildman–Crippen LogP) is 3.58. The molecule has 5 rings (SSSR count). The van der Waals surface area contributed by atoms with E-state index in [1.54, 1.807) is 0 Å². The zero-order chi connectivity index (χ0) is 20.3. The molecule has 3 aromatic rings. The molecule has 2 aliphatic rings. The number of piperidine rings is 1. The first-order chi connectivity index (χ1) is 14.8. The molecule has 0 atom stereocenters. The normalized spacial score (nSPS) is 17.4. The minimum absolute atomic E-state index is 0.0170. The molecule has 0 aliphatic carbocycles. The van der Waals surface area contributed by atoms with Gasteiger partial charge in [-0.25, -0.2) is 0 Å². The summed E-state index contributed by atoms with van der Waals surface area (Å²) in [6.45, 7) is 5.05. The Balaban J connectivity index is 1.38. The molecule has 3 heterocycles. The van der Waals surface area contributed by atoms with Crippen molar-refractivity contribution >= 4 is 28.2 Å². The fraction of sp³-hybridized carbons (Fsp3) is 0.375. The highest BCUT2D eigenvalue weighted by atomic mass is 16.2. The lowest BCUT2D eigenvalue weighted by Crippen LogP contribution is -2.49. The fourth-order valence-electron chi connectivity index (χ4n) is 4.54. The summed E-state index contributed by atoms with van der Waals surface area (Å²) >= 11 is 0. The number of para-hydroxylation sites is 1. The van der Waals surface area contributed by atoms with Crippen molar-refractivity contribution in [2.45, 2.75) is 19.3 Å². The molecule has 2 fully saturated rings. The number of hydrogen-bond acceptors (Lipinski definition) is 5. The van der Waals surface area contributed by atoms with E-state index >= 15 is 0 Å². The second-order valence-corrected chi connectivity index (χ2v) is 8.08. The topological polar surface area (TPSA) is 52.6 Å². The van der Waals surface area contributed by atoms with E-state index in [0.29, 0.717) is 18.8 Å². The maximum absolute atomic E-state index is 13.3. The van der Waals surface area contributed by atoms with E-state index in [1.165, 1.54) is 24.9 Å². The van der Waals surface area contributed by atoms with Gasteiger partial charge in [0, 0.05) is 55.7 Å². The number of rotatable bonds is 3. The molecule has 1 amide bonds. The third kappa shape index (κ3) is 3.58. The van der Waals surface area contributed by atoms with E-state index in [2.05, 4.69) is 50.3 Å². The molecule has 0 saturated carbocycles. The highest BCUT2D eigenvalue weighted by Gasteiger charge is 2.26. The molecule has 2 saturated heterocycles. The maximum atomic E-state index is 13.3. The lowest BCUT2D eigenvalue weighted by molar-refractivity contribution is 0.0742. The fourth-order valence-corrected chi connectivity index (χ4v) is 4.54. The van der Waals surface area contributed by atoms with Gasteiger partial charge in [0.05, 0.1) is 0 Å². The third-order valence-electron chi connectivity index (χ3n) is 6.21. The Hall–Kier alpha value is -3.15. The van der Waals surface area contributed by atoms with Gasteiger partial charge in [0.1, 0.15) is 0 Å². The average Bonchev–Trinajstić information content (AvgIpc) is 2.84. The molecule has 1 aromatic heterocycles. The number of piperazine rings is 1. The molecule has 0 unspecified atom stereocenters. The van der Waals surface area contributed by atoms with E-state index in [4.69, 9.17) is 0 Å². The summed E-state index contributed by atoms with van der Waals surface area (Å²) in [5.74, 6) is 0.896.